The Morgan fingerprint density at radius 3 is 2.20 bits per heavy atom. The van der Waals surface area contributed by atoms with E-state index in [4.69, 9.17) is 44.3 Å². The van der Waals surface area contributed by atoms with E-state index in [1.807, 2.05) is 0 Å². The molecule has 0 saturated heterocycles. The van der Waals surface area contributed by atoms with Gasteiger partial charge in [0.1, 0.15) is 5.02 Å². The minimum atomic E-state index is -0.623. The number of carbonyl (C=O) groups excluding carboxylic acids is 2. The monoisotopic (exact) mass is 408 g/mol. The van der Waals surface area contributed by atoms with Gasteiger partial charge in [-0.05, 0) is 18.6 Å². The number of esters is 2. The summed E-state index contributed by atoms with van der Waals surface area (Å²) in [7, 11) is 0. The number of rotatable bonds is 11. The fourth-order valence-corrected chi connectivity index (χ4v) is 2.71. The molecule has 0 spiro atoms. The van der Waals surface area contributed by atoms with Crippen LogP contribution < -0.4 is 4.74 Å². The van der Waals surface area contributed by atoms with E-state index < -0.39 is 11.9 Å². The molecule has 0 N–H and O–H groups in total. The first-order chi connectivity index (χ1) is 12.0. The second kappa shape index (κ2) is 12.4. The molecule has 0 aliphatic rings. The number of hydrogen-bond acceptors (Lipinski definition) is 4. The van der Waals surface area contributed by atoms with Crippen molar-refractivity contribution in [1.82, 2.24) is 0 Å². The summed E-state index contributed by atoms with van der Waals surface area (Å²) in [5.41, 5.74) is 0. The summed E-state index contributed by atoms with van der Waals surface area (Å²) in [5, 5.41) is 0.466. The standard InChI is InChI=1S/C18H23Cl3O4/c1-2-3-4-5-6-7-12-24-15(22)10-11-16(23)25-18-14(20)9-8-13(19)17(18)21/h8-9H,2-7,10-12H2,1H3. The number of carbonyl (C=O) groups is 2. The molecule has 7 heteroatoms. The number of ether oxygens (including phenoxy) is 2. The van der Waals surface area contributed by atoms with Gasteiger partial charge < -0.3 is 9.47 Å². The highest BCUT2D eigenvalue weighted by Gasteiger charge is 2.16. The predicted octanol–water partition coefficient (Wildman–Crippen LogP) is 6.24. The quantitative estimate of drug-likeness (QED) is 0.188. The average molecular weight is 410 g/mol. The molecule has 0 saturated carbocycles. The van der Waals surface area contributed by atoms with Gasteiger partial charge in [0.2, 0.25) is 0 Å². The van der Waals surface area contributed by atoms with Gasteiger partial charge in [-0.1, -0.05) is 73.8 Å². The summed E-state index contributed by atoms with van der Waals surface area (Å²) >= 11 is 17.7. The fourth-order valence-electron chi connectivity index (χ4n) is 2.11. The van der Waals surface area contributed by atoms with Gasteiger partial charge in [-0.25, -0.2) is 0 Å². The molecule has 0 fully saturated rings. The van der Waals surface area contributed by atoms with Gasteiger partial charge >= 0.3 is 11.9 Å². The zero-order valence-corrected chi connectivity index (χ0v) is 16.6. The molecule has 0 bridgehead atoms. The molecule has 1 aromatic rings. The van der Waals surface area contributed by atoms with Crippen LogP contribution in [0.3, 0.4) is 0 Å². The Morgan fingerprint density at radius 1 is 0.880 bits per heavy atom. The van der Waals surface area contributed by atoms with Crippen LogP contribution in [0.4, 0.5) is 0 Å². The van der Waals surface area contributed by atoms with Crippen molar-refractivity contribution < 1.29 is 19.1 Å². The van der Waals surface area contributed by atoms with Crippen molar-refractivity contribution in [2.24, 2.45) is 0 Å². The Labute approximate surface area is 163 Å². The Hall–Kier alpha value is -0.970. The van der Waals surface area contributed by atoms with Gasteiger partial charge in [0.25, 0.3) is 0 Å². The SMILES string of the molecule is CCCCCCCCOC(=O)CCC(=O)Oc1c(Cl)ccc(Cl)c1Cl. The van der Waals surface area contributed by atoms with E-state index in [1.165, 1.54) is 31.4 Å². The summed E-state index contributed by atoms with van der Waals surface area (Å²) < 4.78 is 10.2. The number of unbranched alkanes of at least 4 members (excludes halogenated alkanes) is 5. The predicted molar refractivity (Wildman–Crippen MR) is 101 cm³/mol. The Morgan fingerprint density at radius 2 is 1.48 bits per heavy atom. The van der Waals surface area contributed by atoms with Crippen molar-refractivity contribution in [2.45, 2.75) is 58.3 Å². The highest BCUT2D eigenvalue weighted by atomic mass is 35.5. The first-order valence-corrected chi connectivity index (χ1v) is 9.59. The van der Waals surface area contributed by atoms with E-state index >= 15 is 0 Å². The molecule has 0 heterocycles. The highest BCUT2D eigenvalue weighted by molar-refractivity contribution is 6.44. The third kappa shape index (κ3) is 8.80. The lowest BCUT2D eigenvalue weighted by atomic mass is 10.1. The van der Waals surface area contributed by atoms with Crippen LogP contribution in [0.15, 0.2) is 12.1 Å². The molecule has 140 valence electrons. The molecule has 0 aromatic heterocycles. The van der Waals surface area contributed by atoms with E-state index in [-0.39, 0.29) is 33.7 Å². The van der Waals surface area contributed by atoms with E-state index in [2.05, 4.69) is 6.92 Å². The fraction of sp³-hybridized carbons (Fsp3) is 0.556. The first-order valence-electron chi connectivity index (χ1n) is 8.45. The molecule has 0 amide bonds. The maximum atomic E-state index is 11.8. The smallest absolute Gasteiger partial charge is 0.311 e. The maximum absolute atomic E-state index is 11.8. The molecule has 0 aliphatic heterocycles. The molecule has 25 heavy (non-hydrogen) atoms. The molecule has 1 aromatic carbocycles. The number of hydrogen-bond donors (Lipinski definition) is 0. The molecular weight excluding hydrogens is 387 g/mol. The molecule has 1 rings (SSSR count). The minimum Gasteiger partial charge on any atom is -0.466 e. The Kier molecular flexibility index (Phi) is 10.9. The number of halogens is 3. The third-order valence-corrected chi connectivity index (χ3v) is 4.60. The highest BCUT2D eigenvalue weighted by Crippen LogP contribution is 2.38. The number of benzene rings is 1. The zero-order chi connectivity index (χ0) is 18.7. The van der Waals surface area contributed by atoms with E-state index in [9.17, 15) is 9.59 Å². The van der Waals surface area contributed by atoms with E-state index in [0.29, 0.717) is 6.61 Å². The van der Waals surface area contributed by atoms with Crippen molar-refractivity contribution in [3.05, 3.63) is 27.2 Å². The summed E-state index contributed by atoms with van der Waals surface area (Å²) in [6.07, 6.45) is 6.52. The van der Waals surface area contributed by atoms with Crippen molar-refractivity contribution >= 4 is 46.7 Å². The first kappa shape index (κ1) is 22.1. The van der Waals surface area contributed by atoms with Gasteiger partial charge in [0.05, 0.1) is 29.5 Å². The zero-order valence-electron chi connectivity index (χ0n) is 14.3. The Balaban J connectivity index is 2.24. The van der Waals surface area contributed by atoms with Crippen molar-refractivity contribution in [3.63, 3.8) is 0 Å². The maximum Gasteiger partial charge on any atom is 0.311 e. The normalized spacial score (nSPS) is 10.6. The molecule has 0 radical (unpaired) electrons. The summed E-state index contributed by atoms with van der Waals surface area (Å²) in [4.78, 5) is 23.4. The van der Waals surface area contributed by atoms with Crippen LogP contribution in [0.1, 0.15) is 58.3 Å². The molecule has 0 aliphatic carbocycles. The summed E-state index contributed by atoms with van der Waals surface area (Å²) in [5.74, 6) is -1.04. The topological polar surface area (TPSA) is 52.6 Å². The van der Waals surface area contributed by atoms with Crippen LogP contribution in [0.25, 0.3) is 0 Å². The van der Waals surface area contributed by atoms with Crippen LogP contribution in [-0.2, 0) is 14.3 Å². The minimum absolute atomic E-state index is 0.00119. The van der Waals surface area contributed by atoms with Crippen molar-refractivity contribution in [2.75, 3.05) is 6.61 Å². The molecular formula is C18H23Cl3O4. The van der Waals surface area contributed by atoms with Gasteiger partial charge in [-0.2, -0.15) is 0 Å². The van der Waals surface area contributed by atoms with Crippen LogP contribution in [0.2, 0.25) is 15.1 Å². The van der Waals surface area contributed by atoms with Gasteiger partial charge in [-0.15, -0.1) is 0 Å². The van der Waals surface area contributed by atoms with Gasteiger partial charge in [-0.3, -0.25) is 9.59 Å². The lowest BCUT2D eigenvalue weighted by molar-refractivity contribution is -0.147. The average Bonchev–Trinajstić information content (AvgIpc) is 2.59. The molecule has 0 atom stereocenters. The van der Waals surface area contributed by atoms with E-state index in [0.717, 1.165) is 19.3 Å². The molecule has 4 nitrogen and oxygen atoms in total. The largest absolute Gasteiger partial charge is 0.466 e. The van der Waals surface area contributed by atoms with Crippen molar-refractivity contribution in [3.8, 4) is 5.75 Å². The van der Waals surface area contributed by atoms with Crippen LogP contribution in [0.5, 0.6) is 5.75 Å². The van der Waals surface area contributed by atoms with Crippen molar-refractivity contribution in [1.29, 1.82) is 0 Å². The molecule has 0 unspecified atom stereocenters. The Bertz CT molecular complexity index is 576. The van der Waals surface area contributed by atoms with Crippen LogP contribution >= 0.6 is 34.8 Å². The van der Waals surface area contributed by atoms with Gasteiger partial charge in [0, 0.05) is 0 Å². The van der Waals surface area contributed by atoms with Gasteiger partial charge in [0.15, 0.2) is 5.75 Å². The van der Waals surface area contributed by atoms with Crippen LogP contribution in [-0.4, -0.2) is 18.5 Å². The summed E-state index contributed by atoms with van der Waals surface area (Å²) in [6.45, 7) is 2.55. The van der Waals surface area contributed by atoms with Crippen LogP contribution in [0, 0.1) is 0 Å². The second-order valence-electron chi connectivity index (χ2n) is 5.63. The van der Waals surface area contributed by atoms with E-state index in [1.54, 1.807) is 0 Å². The lowest BCUT2D eigenvalue weighted by Crippen LogP contribution is -2.13. The summed E-state index contributed by atoms with van der Waals surface area (Å²) in [6, 6.07) is 2.98. The third-order valence-electron chi connectivity index (χ3n) is 3.51. The second-order valence-corrected chi connectivity index (χ2v) is 6.83. The lowest BCUT2D eigenvalue weighted by Gasteiger charge is -2.09.